The molecule has 0 saturated heterocycles. The fraction of sp³-hybridized carbons (Fsp3) is 0.533. The van der Waals surface area contributed by atoms with E-state index in [4.69, 9.17) is 9.47 Å². The molecule has 0 atom stereocenters. The van der Waals surface area contributed by atoms with Crippen LogP contribution in [0.4, 0.5) is 0 Å². The SMILES string of the molecule is O=C(NCCNCC1CC1)c1cccc2c1OCCO2. The van der Waals surface area contributed by atoms with Gasteiger partial charge in [-0.15, -0.1) is 0 Å². The number of fused-ring (bicyclic) bond motifs is 1. The molecule has 2 N–H and O–H groups in total. The summed E-state index contributed by atoms with van der Waals surface area (Å²) < 4.78 is 11.0. The largest absolute Gasteiger partial charge is 0.486 e. The molecule has 1 fully saturated rings. The first-order chi connectivity index (χ1) is 9.84. The molecule has 0 radical (unpaired) electrons. The normalized spacial score (nSPS) is 16.8. The van der Waals surface area contributed by atoms with Gasteiger partial charge in [-0.3, -0.25) is 4.79 Å². The average Bonchev–Trinajstić information content (AvgIpc) is 3.30. The van der Waals surface area contributed by atoms with Gasteiger partial charge in [0.15, 0.2) is 11.5 Å². The van der Waals surface area contributed by atoms with Crippen LogP contribution < -0.4 is 20.1 Å². The number of nitrogens with one attached hydrogen (secondary N) is 2. The van der Waals surface area contributed by atoms with Gasteiger partial charge in [0.2, 0.25) is 0 Å². The van der Waals surface area contributed by atoms with Crippen LogP contribution in [0.15, 0.2) is 18.2 Å². The van der Waals surface area contributed by atoms with Crippen LogP contribution in [0.5, 0.6) is 11.5 Å². The van der Waals surface area contributed by atoms with Crippen molar-refractivity contribution in [2.45, 2.75) is 12.8 Å². The molecule has 108 valence electrons. The number of carbonyl (C=O) groups excluding carboxylic acids is 1. The molecule has 1 saturated carbocycles. The van der Waals surface area contributed by atoms with Crippen LogP contribution in [0.1, 0.15) is 23.2 Å². The number of hydrogen-bond donors (Lipinski definition) is 2. The van der Waals surface area contributed by atoms with Crippen molar-refractivity contribution < 1.29 is 14.3 Å². The van der Waals surface area contributed by atoms with Gasteiger partial charge in [-0.25, -0.2) is 0 Å². The van der Waals surface area contributed by atoms with Gasteiger partial charge in [0, 0.05) is 13.1 Å². The van der Waals surface area contributed by atoms with Crippen molar-refractivity contribution >= 4 is 5.91 Å². The van der Waals surface area contributed by atoms with Crippen LogP contribution in [0.2, 0.25) is 0 Å². The second-order valence-electron chi connectivity index (χ2n) is 5.23. The van der Waals surface area contributed by atoms with Gasteiger partial charge in [0.1, 0.15) is 13.2 Å². The highest BCUT2D eigenvalue weighted by Gasteiger charge is 2.21. The minimum absolute atomic E-state index is 0.111. The van der Waals surface area contributed by atoms with Crippen molar-refractivity contribution in [1.82, 2.24) is 10.6 Å². The molecule has 0 spiro atoms. The molecule has 1 aliphatic carbocycles. The highest BCUT2D eigenvalue weighted by atomic mass is 16.6. The minimum Gasteiger partial charge on any atom is -0.486 e. The molecular weight excluding hydrogens is 256 g/mol. The second-order valence-corrected chi connectivity index (χ2v) is 5.23. The van der Waals surface area contributed by atoms with E-state index in [2.05, 4.69) is 10.6 Å². The van der Waals surface area contributed by atoms with E-state index in [9.17, 15) is 4.79 Å². The molecular formula is C15H20N2O3. The van der Waals surface area contributed by atoms with Gasteiger partial charge in [-0.1, -0.05) is 6.07 Å². The van der Waals surface area contributed by atoms with Crippen molar-refractivity contribution in [2.24, 2.45) is 5.92 Å². The highest BCUT2D eigenvalue weighted by Crippen LogP contribution is 2.33. The summed E-state index contributed by atoms with van der Waals surface area (Å²) in [5.74, 6) is 1.95. The number of benzene rings is 1. The molecule has 0 bridgehead atoms. The Morgan fingerprint density at radius 3 is 2.90 bits per heavy atom. The maximum atomic E-state index is 12.2. The van der Waals surface area contributed by atoms with E-state index in [0.717, 1.165) is 19.0 Å². The molecule has 1 aliphatic heterocycles. The van der Waals surface area contributed by atoms with Crippen molar-refractivity contribution in [3.8, 4) is 11.5 Å². The molecule has 5 heteroatoms. The molecule has 1 aromatic carbocycles. The molecule has 5 nitrogen and oxygen atoms in total. The second kappa shape index (κ2) is 6.13. The Kier molecular flexibility index (Phi) is 4.06. The Labute approximate surface area is 118 Å². The number of para-hydroxylation sites is 1. The summed E-state index contributed by atoms with van der Waals surface area (Å²) in [6.07, 6.45) is 2.68. The summed E-state index contributed by atoms with van der Waals surface area (Å²) in [5.41, 5.74) is 0.546. The number of carbonyl (C=O) groups is 1. The van der Waals surface area contributed by atoms with E-state index in [0.29, 0.717) is 36.8 Å². The standard InChI is InChI=1S/C15H20N2O3/c18-15(17-7-6-16-10-11-4-5-11)12-2-1-3-13-14(12)20-9-8-19-13/h1-3,11,16H,4-10H2,(H,17,18). The topological polar surface area (TPSA) is 59.6 Å². The number of rotatable bonds is 6. The van der Waals surface area contributed by atoms with E-state index in [-0.39, 0.29) is 5.91 Å². The fourth-order valence-electron chi connectivity index (χ4n) is 2.24. The van der Waals surface area contributed by atoms with Crippen molar-refractivity contribution in [3.63, 3.8) is 0 Å². The van der Waals surface area contributed by atoms with E-state index in [1.165, 1.54) is 12.8 Å². The van der Waals surface area contributed by atoms with Crippen molar-refractivity contribution in [3.05, 3.63) is 23.8 Å². The third-order valence-corrected chi connectivity index (χ3v) is 3.53. The quantitative estimate of drug-likeness (QED) is 0.766. The van der Waals surface area contributed by atoms with Crippen LogP contribution in [0, 0.1) is 5.92 Å². The minimum atomic E-state index is -0.111. The van der Waals surface area contributed by atoms with Gasteiger partial charge in [0.05, 0.1) is 5.56 Å². The summed E-state index contributed by atoms with van der Waals surface area (Å²) in [5, 5.41) is 6.25. The molecule has 1 amide bonds. The summed E-state index contributed by atoms with van der Waals surface area (Å²) in [6, 6.07) is 5.40. The Balaban J connectivity index is 1.51. The molecule has 0 aromatic heterocycles. The zero-order chi connectivity index (χ0) is 13.8. The lowest BCUT2D eigenvalue weighted by atomic mass is 10.1. The van der Waals surface area contributed by atoms with E-state index in [1.54, 1.807) is 6.07 Å². The number of amides is 1. The summed E-state index contributed by atoms with van der Waals surface area (Å²) in [4.78, 5) is 12.2. The predicted octanol–water partition coefficient (Wildman–Crippen LogP) is 1.19. The van der Waals surface area contributed by atoms with E-state index in [1.807, 2.05) is 12.1 Å². The average molecular weight is 276 g/mol. The van der Waals surface area contributed by atoms with Gasteiger partial charge >= 0.3 is 0 Å². The predicted molar refractivity (Wildman–Crippen MR) is 75.4 cm³/mol. The highest BCUT2D eigenvalue weighted by molar-refractivity contribution is 5.97. The monoisotopic (exact) mass is 276 g/mol. The maximum Gasteiger partial charge on any atom is 0.255 e. The summed E-state index contributed by atoms with van der Waals surface area (Å²) in [6.45, 7) is 3.50. The molecule has 2 aliphatic rings. The molecule has 20 heavy (non-hydrogen) atoms. The Morgan fingerprint density at radius 2 is 2.05 bits per heavy atom. The zero-order valence-electron chi connectivity index (χ0n) is 11.5. The fourth-order valence-corrected chi connectivity index (χ4v) is 2.24. The lowest BCUT2D eigenvalue weighted by Gasteiger charge is -2.20. The van der Waals surface area contributed by atoms with Crippen molar-refractivity contribution in [2.75, 3.05) is 32.8 Å². The first-order valence-corrected chi connectivity index (χ1v) is 7.22. The van der Waals surface area contributed by atoms with E-state index < -0.39 is 0 Å². The number of hydrogen-bond acceptors (Lipinski definition) is 4. The first kappa shape index (κ1) is 13.2. The summed E-state index contributed by atoms with van der Waals surface area (Å²) in [7, 11) is 0. The van der Waals surface area contributed by atoms with Crippen LogP contribution >= 0.6 is 0 Å². The molecule has 3 rings (SSSR count). The van der Waals surface area contributed by atoms with Crippen molar-refractivity contribution in [1.29, 1.82) is 0 Å². The third kappa shape index (κ3) is 3.22. The lowest BCUT2D eigenvalue weighted by Crippen LogP contribution is -2.33. The zero-order valence-corrected chi connectivity index (χ0v) is 11.5. The molecule has 1 aromatic rings. The maximum absolute atomic E-state index is 12.2. The lowest BCUT2D eigenvalue weighted by molar-refractivity contribution is 0.0943. The van der Waals surface area contributed by atoms with E-state index >= 15 is 0 Å². The van der Waals surface area contributed by atoms with Crippen LogP contribution in [-0.2, 0) is 0 Å². The number of ether oxygens (including phenoxy) is 2. The van der Waals surface area contributed by atoms with Crippen LogP contribution in [0.25, 0.3) is 0 Å². The van der Waals surface area contributed by atoms with Crippen LogP contribution in [0.3, 0.4) is 0 Å². The van der Waals surface area contributed by atoms with Gasteiger partial charge < -0.3 is 20.1 Å². The Hall–Kier alpha value is -1.75. The smallest absolute Gasteiger partial charge is 0.255 e. The van der Waals surface area contributed by atoms with Gasteiger partial charge in [-0.2, -0.15) is 0 Å². The van der Waals surface area contributed by atoms with Crippen LogP contribution in [-0.4, -0.2) is 38.8 Å². The molecule has 0 unspecified atom stereocenters. The Morgan fingerprint density at radius 1 is 1.20 bits per heavy atom. The Bertz CT molecular complexity index is 486. The summed E-state index contributed by atoms with van der Waals surface area (Å²) >= 11 is 0. The third-order valence-electron chi connectivity index (χ3n) is 3.53. The molecule has 1 heterocycles. The van der Waals surface area contributed by atoms with Gasteiger partial charge in [-0.05, 0) is 37.4 Å². The van der Waals surface area contributed by atoms with Gasteiger partial charge in [0.25, 0.3) is 5.91 Å². The first-order valence-electron chi connectivity index (χ1n) is 7.22.